The van der Waals surface area contributed by atoms with Crippen LogP contribution in [0.5, 0.6) is 0 Å². The number of hydrogen-bond donors (Lipinski definition) is 3. The van der Waals surface area contributed by atoms with Crippen LogP contribution in [0.15, 0.2) is 96.1 Å². The van der Waals surface area contributed by atoms with Crippen LogP contribution in [0.25, 0.3) is 49.7 Å². The number of carboxylic acid groups (broad SMARTS) is 2. The Morgan fingerprint density at radius 3 is 2.30 bits per heavy atom. The standard InChI is InChI=1S/C30H25FN6O.C4H4O4/c1-35-28-18-34-26-8-6-19(21-14-20-4-2-3-5-25(20)33-17-21)15-23(26)29(28)37(30(35)38)22-7-9-27(24(31)16-22)36-12-10-32-11-13-36;5-3(6)1-2-4(7)8/h2-9,14-18,32H,10-13H2,1H3;1-2H,(H,5,6)(H,7,8). The molecule has 6 aromatic rings. The van der Waals surface area contributed by atoms with E-state index in [2.05, 4.69) is 21.4 Å². The molecule has 46 heavy (non-hydrogen) atoms. The molecule has 0 aliphatic carbocycles. The van der Waals surface area contributed by atoms with Crippen LogP contribution in [0.2, 0.25) is 0 Å². The first-order chi connectivity index (χ1) is 22.2. The van der Waals surface area contributed by atoms with Gasteiger partial charge in [-0.2, -0.15) is 0 Å². The molecule has 3 aromatic carbocycles. The second kappa shape index (κ2) is 12.6. The molecular weight excluding hydrogens is 591 g/mol. The van der Waals surface area contributed by atoms with Crippen LogP contribution in [-0.4, -0.2) is 67.4 Å². The van der Waals surface area contributed by atoms with Crippen LogP contribution in [-0.2, 0) is 16.6 Å². The zero-order chi connectivity index (χ0) is 32.4. The van der Waals surface area contributed by atoms with Gasteiger partial charge in [0, 0.05) is 74.0 Å². The van der Waals surface area contributed by atoms with Gasteiger partial charge in [0.1, 0.15) is 5.82 Å². The van der Waals surface area contributed by atoms with Crippen LogP contribution in [0, 0.1) is 5.82 Å². The number of aromatic nitrogens is 4. The number of piperazine rings is 1. The Kier molecular flexibility index (Phi) is 8.27. The molecule has 3 aromatic heterocycles. The van der Waals surface area contributed by atoms with E-state index in [-0.39, 0.29) is 11.5 Å². The van der Waals surface area contributed by atoms with Gasteiger partial charge < -0.3 is 20.4 Å². The van der Waals surface area contributed by atoms with Gasteiger partial charge in [0.05, 0.1) is 39.6 Å². The summed E-state index contributed by atoms with van der Waals surface area (Å²) in [6, 6.07) is 21.2. The van der Waals surface area contributed by atoms with Crippen LogP contribution in [0.4, 0.5) is 10.1 Å². The molecule has 0 unspecified atom stereocenters. The summed E-state index contributed by atoms with van der Waals surface area (Å²) in [4.78, 5) is 43.9. The van der Waals surface area contributed by atoms with E-state index in [4.69, 9.17) is 10.2 Å². The molecule has 1 saturated heterocycles. The first kappa shape index (κ1) is 30.2. The third-order valence-electron chi connectivity index (χ3n) is 7.82. The van der Waals surface area contributed by atoms with Gasteiger partial charge in [-0.1, -0.05) is 24.3 Å². The first-order valence-electron chi connectivity index (χ1n) is 14.5. The summed E-state index contributed by atoms with van der Waals surface area (Å²) in [5, 5.41) is 20.8. The van der Waals surface area contributed by atoms with E-state index in [9.17, 15) is 14.4 Å². The van der Waals surface area contributed by atoms with Crippen molar-refractivity contribution in [1.29, 1.82) is 0 Å². The normalized spacial score (nSPS) is 13.3. The van der Waals surface area contributed by atoms with Crippen molar-refractivity contribution in [2.24, 2.45) is 7.05 Å². The first-order valence-corrected chi connectivity index (χ1v) is 14.5. The highest BCUT2D eigenvalue weighted by atomic mass is 19.1. The highest BCUT2D eigenvalue weighted by molar-refractivity contribution is 6.05. The number of nitrogens with one attached hydrogen (secondary N) is 1. The van der Waals surface area contributed by atoms with Crippen LogP contribution in [0.1, 0.15) is 0 Å². The molecule has 0 saturated carbocycles. The minimum Gasteiger partial charge on any atom is -0.478 e. The van der Waals surface area contributed by atoms with Gasteiger partial charge in [-0.25, -0.2) is 18.8 Å². The van der Waals surface area contributed by atoms with Crippen LogP contribution >= 0.6 is 0 Å². The van der Waals surface area contributed by atoms with E-state index in [0.29, 0.717) is 34.6 Å². The number of rotatable bonds is 5. The summed E-state index contributed by atoms with van der Waals surface area (Å²) in [6.07, 6.45) is 4.68. The Balaban J connectivity index is 0.000000414. The Labute approximate surface area is 261 Å². The molecule has 1 aliphatic heterocycles. The number of carbonyl (C=O) groups is 2. The molecule has 0 atom stereocenters. The van der Waals surface area contributed by atoms with Crippen molar-refractivity contribution in [3.63, 3.8) is 0 Å². The SMILES string of the molecule is Cn1c(=O)n(-c2ccc(N3CCNCC3)c(F)c2)c2c3cc(-c4cnc5ccccc5c4)ccc3ncc21.O=C(O)C=CC(=O)O. The van der Waals surface area contributed by atoms with Crippen molar-refractivity contribution >= 4 is 50.5 Å². The fourth-order valence-electron chi connectivity index (χ4n) is 5.58. The minimum absolute atomic E-state index is 0.249. The molecule has 232 valence electrons. The largest absolute Gasteiger partial charge is 0.478 e. The number of pyridine rings is 2. The van der Waals surface area contributed by atoms with Gasteiger partial charge in [0.15, 0.2) is 0 Å². The smallest absolute Gasteiger partial charge is 0.333 e. The number of aliphatic carboxylic acids is 2. The molecular formula is C34H29FN6O5. The average Bonchev–Trinajstić information content (AvgIpc) is 3.33. The molecule has 11 nitrogen and oxygen atoms in total. The number of halogens is 1. The van der Waals surface area contributed by atoms with Crippen LogP contribution in [0.3, 0.4) is 0 Å². The Morgan fingerprint density at radius 2 is 1.59 bits per heavy atom. The topological polar surface area (TPSA) is 143 Å². The van der Waals surface area contributed by atoms with Crippen molar-refractivity contribution in [3.05, 3.63) is 108 Å². The lowest BCUT2D eigenvalue weighted by Crippen LogP contribution is -2.43. The molecule has 0 amide bonds. The molecule has 7 rings (SSSR count). The molecule has 0 radical (unpaired) electrons. The number of anilines is 1. The van der Waals surface area contributed by atoms with Gasteiger partial charge in [-0.05, 0) is 42.0 Å². The lowest BCUT2D eigenvalue weighted by atomic mass is 10.0. The molecule has 4 heterocycles. The number of carboxylic acids is 2. The van der Waals surface area contributed by atoms with Crippen molar-refractivity contribution in [1.82, 2.24) is 24.4 Å². The lowest BCUT2D eigenvalue weighted by molar-refractivity contribution is -0.134. The molecule has 1 fully saturated rings. The highest BCUT2D eigenvalue weighted by Crippen LogP contribution is 2.31. The second-order valence-electron chi connectivity index (χ2n) is 10.7. The summed E-state index contributed by atoms with van der Waals surface area (Å²) >= 11 is 0. The van der Waals surface area contributed by atoms with Crippen molar-refractivity contribution < 1.29 is 24.2 Å². The summed E-state index contributed by atoms with van der Waals surface area (Å²) < 4.78 is 18.5. The van der Waals surface area contributed by atoms with Gasteiger partial charge >= 0.3 is 17.6 Å². The molecule has 12 heteroatoms. The summed E-state index contributed by atoms with van der Waals surface area (Å²) in [7, 11) is 1.72. The van der Waals surface area contributed by atoms with E-state index in [1.165, 1.54) is 6.07 Å². The molecule has 0 spiro atoms. The lowest BCUT2D eigenvalue weighted by Gasteiger charge is -2.29. The summed E-state index contributed by atoms with van der Waals surface area (Å²) in [6.45, 7) is 3.12. The van der Waals surface area contributed by atoms with Crippen molar-refractivity contribution in [2.45, 2.75) is 0 Å². The van der Waals surface area contributed by atoms with E-state index in [0.717, 1.165) is 59.1 Å². The number of benzene rings is 3. The summed E-state index contributed by atoms with van der Waals surface area (Å²) in [5.41, 5.74) is 5.81. The number of fused-ring (bicyclic) bond motifs is 4. The fourth-order valence-corrected chi connectivity index (χ4v) is 5.58. The third kappa shape index (κ3) is 5.93. The van der Waals surface area contributed by atoms with E-state index in [1.807, 2.05) is 59.6 Å². The van der Waals surface area contributed by atoms with E-state index in [1.54, 1.807) is 28.4 Å². The molecule has 0 bridgehead atoms. The van der Waals surface area contributed by atoms with Gasteiger partial charge in [-0.3, -0.25) is 19.1 Å². The molecule has 1 aliphatic rings. The third-order valence-corrected chi connectivity index (χ3v) is 7.82. The van der Waals surface area contributed by atoms with Gasteiger partial charge in [0.25, 0.3) is 0 Å². The fraction of sp³-hybridized carbons (Fsp3) is 0.147. The quantitative estimate of drug-likeness (QED) is 0.240. The highest BCUT2D eigenvalue weighted by Gasteiger charge is 2.20. The average molecular weight is 621 g/mol. The summed E-state index contributed by atoms with van der Waals surface area (Å²) in [5.74, 6) is -2.85. The number of hydrogen-bond acceptors (Lipinski definition) is 7. The van der Waals surface area contributed by atoms with E-state index < -0.39 is 11.9 Å². The Hall–Kier alpha value is -5.88. The number of imidazole rings is 1. The predicted molar refractivity (Wildman–Crippen MR) is 174 cm³/mol. The van der Waals surface area contributed by atoms with Gasteiger partial charge in [0.2, 0.25) is 0 Å². The maximum atomic E-state index is 15.4. The van der Waals surface area contributed by atoms with E-state index >= 15 is 4.39 Å². The zero-order valence-electron chi connectivity index (χ0n) is 24.7. The molecule has 3 N–H and O–H groups in total. The monoisotopic (exact) mass is 620 g/mol. The second-order valence-corrected chi connectivity index (χ2v) is 10.7. The Morgan fingerprint density at radius 1 is 0.870 bits per heavy atom. The zero-order valence-corrected chi connectivity index (χ0v) is 24.7. The van der Waals surface area contributed by atoms with Crippen molar-refractivity contribution in [2.75, 3.05) is 31.1 Å². The number of aryl methyl sites for hydroxylation is 1. The maximum Gasteiger partial charge on any atom is 0.333 e. The Bertz CT molecular complexity index is 2200. The van der Waals surface area contributed by atoms with Gasteiger partial charge in [-0.15, -0.1) is 0 Å². The van der Waals surface area contributed by atoms with Crippen LogP contribution < -0.4 is 15.9 Å². The number of nitrogens with zero attached hydrogens (tertiary/aromatic N) is 5. The van der Waals surface area contributed by atoms with Crippen molar-refractivity contribution in [3.8, 4) is 16.8 Å². The minimum atomic E-state index is -1.26. The predicted octanol–water partition coefficient (Wildman–Crippen LogP) is 4.35. The maximum absolute atomic E-state index is 15.4. The number of para-hydroxylation sites is 1.